The molecule has 18 heavy (non-hydrogen) atoms. The zero-order chi connectivity index (χ0) is 13.0. The van der Waals surface area contributed by atoms with E-state index in [1.165, 1.54) is 26.7 Å². The lowest BCUT2D eigenvalue weighted by Crippen LogP contribution is -2.08. The number of nitrogens with zero attached hydrogens (tertiary/aromatic N) is 2. The molecule has 0 fully saturated rings. The minimum atomic E-state index is -0.258. The highest BCUT2D eigenvalue weighted by Crippen LogP contribution is 2.29. The molecule has 0 unspecified atom stereocenters. The van der Waals surface area contributed by atoms with Crippen molar-refractivity contribution in [2.75, 3.05) is 14.2 Å². The first-order chi connectivity index (χ1) is 8.77. The van der Waals surface area contributed by atoms with Crippen LogP contribution in [-0.4, -0.2) is 30.0 Å². The van der Waals surface area contributed by atoms with E-state index in [4.69, 9.17) is 9.47 Å². The Morgan fingerprint density at radius 2 is 1.78 bits per heavy atom. The molecule has 0 spiro atoms. The third-order valence-electron chi connectivity index (χ3n) is 2.47. The maximum absolute atomic E-state index is 12.4. The van der Waals surface area contributed by atoms with Crippen LogP contribution in [0.3, 0.4) is 0 Å². The fourth-order valence-corrected chi connectivity index (χ4v) is 1.63. The van der Waals surface area contributed by atoms with Gasteiger partial charge in [-0.15, -0.1) is 0 Å². The Kier molecular flexibility index (Phi) is 3.52. The van der Waals surface area contributed by atoms with E-state index in [1.54, 1.807) is 24.3 Å². The number of aromatic nitrogens is 2. The summed E-state index contributed by atoms with van der Waals surface area (Å²) in [6, 6.07) is 6.72. The van der Waals surface area contributed by atoms with Gasteiger partial charge in [-0.3, -0.25) is 4.79 Å². The lowest BCUT2D eigenvalue weighted by atomic mass is 10.1. The Morgan fingerprint density at radius 1 is 1.11 bits per heavy atom. The van der Waals surface area contributed by atoms with Crippen LogP contribution in [0.25, 0.3) is 0 Å². The largest absolute Gasteiger partial charge is 0.496 e. The van der Waals surface area contributed by atoms with Crippen molar-refractivity contribution in [3.63, 3.8) is 0 Å². The van der Waals surface area contributed by atoms with Gasteiger partial charge in [0, 0.05) is 6.20 Å². The Morgan fingerprint density at radius 3 is 2.28 bits per heavy atom. The van der Waals surface area contributed by atoms with E-state index in [0.29, 0.717) is 22.8 Å². The van der Waals surface area contributed by atoms with Crippen LogP contribution in [0.4, 0.5) is 0 Å². The summed E-state index contributed by atoms with van der Waals surface area (Å²) in [5.74, 6) is 0.655. The van der Waals surface area contributed by atoms with Crippen LogP contribution in [0.2, 0.25) is 0 Å². The van der Waals surface area contributed by atoms with E-state index in [9.17, 15) is 4.79 Å². The van der Waals surface area contributed by atoms with Crippen LogP contribution in [0.15, 0.2) is 36.8 Å². The van der Waals surface area contributed by atoms with Crippen LogP contribution >= 0.6 is 0 Å². The minimum Gasteiger partial charge on any atom is -0.496 e. The molecule has 0 aliphatic heterocycles. The van der Waals surface area contributed by atoms with Crippen LogP contribution in [0.5, 0.6) is 11.5 Å². The number of hydrogen-bond donors (Lipinski definition) is 0. The quantitative estimate of drug-likeness (QED) is 0.766. The van der Waals surface area contributed by atoms with Crippen molar-refractivity contribution in [3.05, 3.63) is 48.0 Å². The van der Waals surface area contributed by atoms with E-state index in [1.807, 2.05) is 0 Å². The van der Waals surface area contributed by atoms with E-state index in [-0.39, 0.29) is 5.78 Å². The summed E-state index contributed by atoms with van der Waals surface area (Å²) >= 11 is 0. The molecule has 1 heterocycles. The molecule has 0 radical (unpaired) electrons. The molecule has 0 aliphatic rings. The number of carbonyl (C=O) groups is 1. The summed E-state index contributed by atoms with van der Waals surface area (Å²) in [5.41, 5.74) is 0.661. The molecule has 5 heteroatoms. The lowest BCUT2D eigenvalue weighted by Gasteiger charge is -2.11. The van der Waals surface area contributed by atoms with Crippen molar-refractivity contribution in [2.45, 2.75) is 0 Å². The standard InChI is InChI=1S/C13H12N2O3/c1-17-10-4-3-5-11(18-2)12(10)13(16)9-6-7-14-8-15-9/h3-8H,1-2H3. The fraction of sp³-hybridized carbons (Fsp3) is 0.154. The third-order valence-corrected chi connectivity index (χ3v) is 2.47. The van der Waals surface area contributed by atoms with Gasteiger partial charge in [0.2, 0.25) is 5.78 Å². The SMILES string of the molecule is COc1cccc(OC)c1C(=O)c1ccncn1. The molecule has 1 aromatic carbocycles. The number of ketones is 1. The van der Waals surface area contributed by atoms with Gasteiger partial charge in [-0.2, -0.15) is 0 Å². The first kappa shape index (κ1) is 12.0. The van der Waals surface area contributed by atoms with Gasteiger partial charge in [0.15, 0.2) is 0 Å². The summed E-state index contributed by atoms with van der Waals surface area (Å²) in [4.78, 5) is 20.1. The Balaban J connectivity index is 2.53. The zero-order valence-electron chi connectivity index (χ0n) is 10.1. The number of benzene rings is 1. The van der Waals surface area contributed by atoms with Crippen LogP contribution in [0, 0.1) is 0 Å². The number of hydrogen-bond acceptors (Lipinski definition) is 5. The molecular formula is C13H12N2O3. The summed E-state index contributed by atoms with van der Waals surface area (Å²) < 4.78 is 10.4. The molecular weight excluding hydrogens is 232 g/mol. The Hall–Kier alpha value is -2.43. The van der Waals surface area contributed by atoms with Gasteiger partial charge in [-0.05, 0) is 18.2 Å². The minimum absolute atomic E-state index is 0.258. The predicted octanol–water partition coefficient (Wildman–Crippen LogP) is 1.72. The van der Waals surface area contributed by atoms with Gasteiger partial charge in [-0.25, -0.2) is 9.97 Å². The predicted molar refractivity (Wildman–Crippen MR) is 65.0 cm³/mol. The van der Waals surface area contributed by atoms with Crippen molar-refractivity contribution in [1.82, 2.24) is 9.97 Å². The maximum Gasteiger partial charge on any atom is 0.218 e. The Bertz CT molecular complexity index is 533. The number of ether oxygens (including phenoxy) is 2. The van der Waals surface area contributed by atoms with Crippen molar-refractivity contribution in [2.24, 2.45) is 0 Å². The molecule has 0 atom stereocenters. The molecule has 92 valence electrons. The van der Waals surface area contributed by atoms with Crippen LogP contribution < -0.4 is 9.47 Å². The average molecular weight is 244 g/mol. The number of methoxy groups -OCH3 is 2. The van der Waals surface area contributed by atoms with Gasteiger partial charge in [0.05, 0.1) is 14.2 Å². The summed E-state index contributed by atoms with van der Waals surface area (Å²) in [7, 11) is 3.01. The van der Waals surface area contributed by atoms with Crippen molar-refractivity contribution < 1.29 is 14.3 Å². The molecule has 0 saturated heterocycles. The van der Waals surface area contributed by atoms with E-state index < -0.39 is 0 Å². The highest BCUT2D eigenvalue weighted by atomic mass is 16.5. The molecule has 0 N–H and O–H groups in total. The van der Waals surface area contributed by atoms with E-state index >= 15 is 0 Å². The van der Waals surface area contributed by atoms with Gasteiger partial charge in [-0.1, -0.05) is 6.07 Å². The lowest BCUT2D eigenvalue weighted by molar-refractivity contribution is 0.102. The van der Waals surface area contributed by atoms with Crippen molar-refractivity contribution >= 4 is 5.78 Å². The topological polar surface area (TPSA) is 61.3 Å². The molecule has 2 rings (SSSR count). The highest BCUT2D eigenvalue weighted by Gasteiger charge is 2.20. The average Bonchev–Trinajstić information content (AvgIpc) is 2.46. The number of carbonyl (C=O) groups excluding carboxylic acids is 1. The zero-order valence-corrected chi connectivity index (χ0v) is 10.1. The first-order valence-corrected chi connectivity index (χ1v) is 5.29. The van der Waals surface area contributed by atoms with E-state index in [0.717, 1.165) is 0 Å². The van der Waals surface area contributed by atoms with Crippen LogP contribution in [-0.2, 0) is 0 Å². The van der Waals surface area contributed by atoms with E-state index in [2.05, 4.69) is 9.97 Å². The second kappa shape index (κ2) is 5.27. The molecule has 1 aromatic heterocycles. The molecule has 0 saturated carbocycles. The second-order valence-corrected chi connectivity index (χ2v) is 3.46. The van der Waals surface area contributed by atoms with Crippen molar-refractivity contribution in [3.8, 4) is 11.5 Å². The second-order valence-electron chi connectivity index (χ2n) is 3.46. The number of rotatable bonds is 4. The highest BCUT2D eigenvalue weighted by molar-refractivity contribution is 6.11. The molecule has 2 aromatic rings. The smallest absolute Gasteiger partial charge is 0.218 e. The fourth-order valence-electron chi connectivity index (χ4n) is 1.63. The molecule has 0 amide bonds. The first-order valence-electron chi connectivity index (χ1n) is 5.29. The molecule has 5 nitrogen and oxygen atoms in total. The molecule has 0 bridgehead atoms. The van der Waals surface area contributed by atoms with Gasteiger partial charge < -0.3 is 9.47 Å². The normalized spacial score (nSPS) is 9.89. The monoisotopic (exact) mass is 244 g/mol. The molecule has 0 aliphatic carbocycles. The van der Waals surface area contributed by atoms with Gasteiger partial charge in [0.25, 0.3) is 0 Å². The van der Waals surface area contributed by atoms with Gasteiger partial charge >= 0.3 is 0 Å². The Labute approximate surface area is 104 Å². The van der Waals surface area contributed by atoms with Crippen LogP contribution in [0.1, 0.15) is 16.1 Å². The van der Waals surface area contributed by atoms with Crippen molar-refractivity contribution in [1.29, 1.82) is 0 Å². The van der Waals surface area contributed by atoms with Gasteiger partial charge in [0.1, 0.15) is 29.1 Å². The summed E-state index contributed by atoms with van der Waals surface area (Å²) in [5, 5.41) is 0. The maximum atomic E-state index is 12.4. The summed E-state index contributed by atoms with van der Waals surface area (Å²) in [6.07, 6.45) is 2.84. The summed E-state index contributed by atoms with van der Waals surface area (Å²) in [6.45, 7) is 0. The third kappa shape index (κ3) is 2.15.